The molecule has 3 rings (SSSR count). The van der Waals surface area contributed by atoms with Crippen molar-refractivity contribution in [3.8, 4) is 11.4 Å². The molecule has 1 heterocycles. The van der Waals surface area contributed by atoms with Crippen LogP contribution in [0.15, 0.2) is 54.7 Å². The molecular formula is C23H27N5O5. The van der Waals surface area contributed by atoms with Crippen LogP contribution in [0.3, 0.4) is 0 Å². The molecule has 1 aromatic heterocycles. The van der Waals surface area contributed by atoms with E-state index < -0.39 is 24.0 Å². The third-order valence-electron chi connectivity index (χ3n) is 5.22. The molecule has 0 radical (unpaired) electrons. The highest BCUT2D eigenvalue weighted by atomic mass is 16.5. The summed E-state index contributed by atoms with van der Waals surface area (Å²) in [5.41, 5.74) is 3.24. The predicted octanol–water partition coefficient (Wildman–Crippen LogP) is 1.28. The Morgan fingerprint density at radius 3 is 1.91 bits per heavy atom. The van der Waals surface area contributed by atoms with Crippen LogP contribution in [0.25, 0.3) is 5.69 Å². The summed E-state index contributed by atoms with van der Waals surface area (Å²) in [7, 11) is 3.25. The van der Waals surface area contributed by atoms with Crippen molar-refractivity contribution in [2.75, 3.05) is 14.1 Å². The zero-order valence-corrected chi connectivity index (χ0v) is 18.4. The van der Waals surface area contributed by atoms with Crippen LogP contribution in [-0.4, -0.2) is 63.3 Å². The number of nitrogens with zero attached hydrogens (tertiary/aromatic N) is 3. The molecule has 2 aromatic carbocycles. The minimum absolute atomic E-state index is 0.230. The summed E-state index contributed by atoms with van der Waals surface area (Å²) in [5.74, 6) is -1.14. The van der Waals surface area contributed by atoms with Gasteiger partial charge >= 0.3 is 11.9 Å². The lowest BCUT2D eigenvalue weighted by molar-refractivity contribution is -0.140. The molecule has 3 aromatic rings. The minimum Gasteiger partial charge on any atom is -0.487 e. The van der Waals surface area contributed by atoms with Gasteiger partial charge in [-0.1, -0.05) is 29.5 Å². The highest BCUT2D eigenvalue weighted by Gasteiger charge is 2.16. The zero-order chi connectivity index (χ0) is 23.8. The van der Waals surface area contributed by atoms with Gasteiger partial charge in [-0.2, -0.15) is 0 Å². The average molecular weight is 453 g/mol. The number of aliphatic carboxylic acids is 2. The van der Waals surface area contributed by atoms with Crippen LogP contribution < -0.4 is 15.4 Å². The number of nitrogens with one attached hydrogen (secondary N) is 2. The first kappa shape index (κ1) is 23.9. The first-order valence-electron chi connectivity index (χ1n) is 10.4. The second-order valence-electron chi connectivity index (χ2n) is 7.52. The molecule has 0 amide bonds. The number of carbonyl (C=O) groups is 2. The van der Waals surface area contributed by atoms with Crippen molar-refractivity contribution in [3.63, 3.8) is 0 Å². The highest BCUT2D eigenvalue weighted by Crippen LogP contribution is 2.16. The van der Waals surface area contributed by atoms with Gasteiger partial charge in [0.25, 0.3) is 0 Å². The number of benzene rings is 2. The summed E-state index contributed by atoms with van der Waals surface area (Å²) >= 11 is 0. The Kier molecular flexibility index (Phi) is 8.11. The van der Waals surface area contributed by atoms with Crippen molar-refractivity contribution < 1.29 is 24.5 Å². The normalized spacial score (nSPS) is 12.8. The van der Waals surface area contributed by atoms with Gasteiger partial charge in [0.2, 0.25) is 0 Å². The standard InChI is InChI=1S/C23H27N5O5/c1-24-20(22(29)30)11-15-3-7-18(8-4-15)28-13-17(26-27-28)14-33-19-9-5-16(6-10-19)12-21(25-2)23(31)32/h3-10,13,20-21,24-25H,11-12,14H2,1-2H3,(H,29,30)(H,31,32). The topological polar surface area (TPSA) is 139 Å². The van der Waals surface area contributed by atoms with Crippen LogP contribution in [0, 0.1) is 0 Å². The molecule has 2 atom stereocenters. The maximum Gasteiger partial charge on any atom is 0.321 e. The Hall–Kier alpha value is -3.76. The monoisotopic (exact) mass is 453 g/mol. The Balaban J connectivity index is 1.55. The van der Waals surface area contributed by atoms with E-state index in [0.717, 1.165) is 16.8 Å². The number of hydrogen-bond acceptors (Lipinski definition) is 7. The SMILES string of the molecule is CNC(Cc1ccc(OCc2cn(-c3ccc(CC(NC)C(=O)O)cc3)nn2)cc1)C(=O)O. The third-order valence-corrected chi connectivity index (χ3v) is 5.22. The number of ether oxygens (including phenoxy) is 1. The molecule has 0 spiro atoms. The molecule has 0 fully saturated rings. The molecule has 2 unspecified atom stereocenters. The van der Waals surface area contributed by atoms with E-state index in [4.69, 9.17) is 14.9 Å². The molecule has 0 saturated carbocycles. The van der Waals surface area contributed by atoms with E-state index in [0.29, 0.717) is 24.3 Å². The largest absolute Gasteiger partial charge is 0.487 e. The zero-order valence-electron chi connectivity index (χ0n) is 18.4. The number of aromatic nitrogens is 3. The van der Waals surface area contributed by atoms with Crippen molar-refractivity contribution in [2.45, 2.75) is 31.5 Å². The summed E-state index contributed by atoms with van der Waals surface area (Å²) in [4.78, 5) is 22.3. The van der Waals surface area contributed by atoms with Crippen LogP contribution in [0.5, 0.6) is 5.75 Å². The van der Waals surface area contributed by atoms with E-state index in [1.807, 2.05) is 36.4 Å². The molecule has 0 aliphatic carbocycles. The molecule has 0 aliphatic rings. The first-order valence-corrected chi connectivity index (χ1v) is 10.4. The van der Waals surface area contributed by atoms with Gasteiger partial charge in [0.1, 0.15) is 30.1 Å². The van der Waals surface area contributed by atoms with Gasteiger partial charge in [-0.3, -0.25) is 9.59 Å². The van der Waals surface area contributed by atoms with Gasteiger partial charge < -0.3 is 25.6 Å². The predicted molar refractivity (Wildman–Crippen MR) is 121 cm³/mol. The fourth-order valence-electron chi connectivity index (χ4n) is 3.25. The number of likely N-dealkylation sites (N-methyl/N-ethyl adjacent to an activating group) is 2. The Labute approximate surface area is 191 Å². The van der Waals surface area contributed by atoms with Gasteiger partial charge in [0.05, 0.1) is 11.9 Å². The highest BCUT2D eigenvalue weighted by molar-refractivity contribution is 5.74. The molecule has 0 bridgehead atoms. The van der Waals surface area contributed by atoms with Crippen molar-refractivity contribution in [1.82, 2.24) is 25.6 Å². The van der Waals surface area contributed by atoms with Crippen LogP contribution in [0.2, 0.25) is 0 Å². The van der Waals surface area contributed by atoms with Crippen molar-refractivity contribution in [3.05, 3.63) is 71.5 Å². The number of carboxylic acid groups (broad SMARTS) is 2. The van der Waals surface area contributed by atoms with Crippen LogP contribution in [0.1, 0.15) is 16.8 Å². The van der Waals surface area contributed by atoms with Crippen LogP contribution >= 0.6 is 0 Å². The molecule has 4 N–H and O–H groups in total. The second kappa shape index (κ2) is 11.2. The van der Waals surface area contributed by atoms with Gasteiger partial charge in [-0.15, -0.1) is 5.10 Å². The number of rotatable bonds is 12. The Morgan fingerprint density at radius 2 is 1.42 bits per heavy atom. The van der Waals surface area contributed by atoms with Gasteiger partial charge in [0, 0.05) is 0 Å². The average Bonchev–Trinajstić information content (AvgIpc) is 3.29. The van der Waals surface area contributed by atoms with Gasteiger partial charge in [-0.05, 0) is 62.3 Å². The Bertz CT molecular complexity index is 1070. The van der Waals surface area contributed by atoms with E-state index in [9.17, 15) is 9.59 Å². The lowest BCUT2D eigenvalue weighted by Gasteiger charge is -2.11. The fourth-order valence-corrected chi connectivity index (χ4v) is 3.25. The Morgan fingerprint density at radius 1 is 0.909 bits per heavy atom. The summed E-state index contributed by atoms with van der Waals surface area (Å²) in [6, 6.07) is 13.4. The van der Waals surface area contributed by atoms with Gasteiger partial charge in [-0.25, -0.2) is 4.68 Å². The number of hydrogen-bond donors (Lipinski definition) is 4. The lowest BCUT2D eigenvalue weighted by atomic mass is 10.1. The van der Waals surface area contributed by atoms with E-state index in [1.54, 1.807) is 37.1 Å². The summed E-state index contributed by atoms with van der Waals surface area (Å²) in [6.07, 6.45) is 2.53. The summed E-state index contributed by atoms with van der Waals surface area (Å²) in [6.45, 7) is 0.230. The lowest BCUT2D eigenvalue weighted by Crippen LogP contribution is -2.35. The summed E-state index contributed by atoms with van der Waals surface area (Å²) < 4.78 is 7.39. The molecule has 10 nitrogen and oxygen atoms in total. The van der Waals surface area contributed by atoms with Crippen molar-refractivity contribution >= 4 is 11.9 Å². The van der Waals surface area contributed by atoms with E-state index in [-0.39, 0.29) is 6.61 Å². The maximum absolute atomic E-state index is 11.2. The molecule has 0 saturated heterocycles. The van der Waals surface area contributed by atoms with Gasteiger partial charge in [0.15, 0.2) is 0 Å². The molecule has 174 valence electrons. The third kappa shape index (κ3) is 6.61. The van der Waals surface area contributed by atoms with Crippen LogP contribution in [0.4, 0.5) is 0 Å². The number of carboxylic acids is 2. The van der Waals surface area contributed by atoms with E-state index >= 15 is 0 Å². The summed E-state index contributed by atoms with van der Waals surface area (Å²) in [5, 5.41) is 32.1. The van der Waals surface area contributed by atoms with E-state index in [2.05, 4.69) is 20.9 Å². The molecule has 0 aliphatic heterocycles. The fraction of sp³-hybridized carbons (Fsp3) is 0.304. The molecular weight excluding hydrogens is 426 g/mol. The minimum atomic E-state index is -0.891. The van der Waals surface area contributed by atoms with Crippen molar-refractivity contribution in [2.24, 2.45) is 0 Å². The van der Waals surface area contributed by atoms with E-state index in [1.165, 1.54) is 0 Å². The quantitative estimate of drug-likeness (QED) is 0.319. The second-order valence-corrected chi connectivity index (χ2v) is 7.52. The first-order chi connectivity index (χ1) is 15.9. The smallest absolute Gasteiger partial charge is 0.321 e. The van der Waals surface area contributed by atoms with Crippen molar-refractivity contribution in [1.29, 1.82) is 0 Å². The molecule has 33 heavy (non-hydrogen) atoms. The van der Waals surface area contributed by atoms with Crippen LogP contribution in [-0.2, 0) is 29.0 Å². The molecule has 10 heteroatoms. The maximum atomic E-state index is 11.2.